The van der Waals surface area contributed by atoms with E-state index in [1.807, 2.05) is 61.5 Å². The minimum Gasteiger partial charge on any atom is -0.495 e. The van der Waals surface area contributed by atoms with Crippen molar-refractivity contribution >= 4 is 81.7 Å². The van der Waals surface area contributed by atoms with Crippen LogP contribution in [0.15, 0.2) is 196 Å². The third kappa shape index (κ3) is 14.0. The molecule has 486 valence electrons. The Labute approximate surface area is 575 Å². The maximum absolute atomic E-state index is 13.7. The summed E-state index contributed by atoms with van der Waals surface area (Å²) in [7, 11) is 1.55. The molecule has 9 aromatic heterocycles. The molecule has 22 heteroatoms. The van der Waals surface area contributed by atoms with Gasteiger partial charge in [0.05, 0.1) is 53.9 Å². The number of ether oxygens (including phenoxy) is 1. The highest BCUT2D eigenvalue weighted by Crippen LogP contribution is 2.39. The molecule has 0 aliphatic heterocycles. The van der Waals surface area contributed by atoms with Gasteiger partial charge in [-0.3, -0.25) is 0 Å². The van der Waals surface area contributed by atoms with Crippen LogP contribution in [-0.2, 0) is 40.8 Å². The van der Waals surface area contributed by atoms with Crippen molar-refractivity contribution < 1.29 is 35.9 Å². The Morgan fingerprint density at radius 2 is 0.847 bits per heavy atom. The molecule has 0 saturated carbocycles. The first kappa shape index (κ1) is 65.4. The van der Waals surface area contributed by atoms with E-state index in [1.54, 1.807) is 88.2 Å². The van der Waals surface area contributed by atoms with E-state index >= 15 is 0 Å². The topological polar surface area (TPSA) is 178 Å². The predicted molar refractivity (Wildman–Crippen MR) is 372 cm³/mol. The van der Waals surface area contributed by atoms with Gasteiger partial charge in [0.25, 0.3) is 11.8 Å². The molecule has 0 saturated heterocycles. The Kier molecular flexibility index (Phi) is 18.3. The van der Waals surface area contributed by atoms with E-state index in [0.29, 0.717) is 81.3 Å². The second kappa shape index (κ2) is 27.5. The first-order chi connectivity index (χ1) is 47.3. The van der Waals surface area contributed by atoms with E-state index in [2.05, 4.69) is 163 Å². The third-order valence-electron chi connectivity index (χ3n) is 16.2. The van der Waals surface area contributed by atoms with Gasteiger partial charge in [0.15, 0.2) is 33.7 Å². The Bertz CT molecular complexity index is 5470. The van der Waals surface area contributed by atoms with Gasteiger partial charge in [-0.15, -0.1) is 0 Å². The summed E-state index contributed by atoms with van der Waals surface area (Å²) in [6.45, 7) is 7.91. The van der Waals surface area contributed by atoms with Crippen LogP contribution in [0.5, 0.6) is 5.75 Å². The first-order valence-electron chi connectivity index (χ1n) is 30.8. The van der Waals surface area contributed by atoms with Gasteiger partial charge in [0, 0.05) is 79.0 Å². The fourth-order valence-corrected chi connectivity index (χ4v) is 11.6. The number of hydrogen-bond donors (Lipinski definition) is 0. The largest absolute Gasteiger partial charge is 0.495 e. The van der Waals surface area contributed by atoms with E-state index in [-0.39, 0.29) is 14.4 Å². The van der Waals surface area contributed by atoms with Crippen molar-refractivity contribution in [2.24, 2.45) is 0 Å². The van der Waals surface area contributed by atoms with Gasteiger partial charge in [-0.05, 0) is 144 Å². The highest BCUT2D eigenvalue weighted by Gasteiger charge is 2.27. The Morgan fingerprint density at radius 1 is 0.459 bits per heavy atom. The number of hydrogen-bond acceptors (Lipinski definition) is 13. The van der Waals surface area contributed by atoms with Crippen LogP contribution in [0.3, 0.4) is 0 Å². The molecule has 16 nitrogen and oxygen atoms in total. The molecule has 6 aromatic carbocycles. The highest BCUT2D eigenvalue weighted by molar-refractivity contribution is 9.24. The Hall–Kier alpha value is -11.3. The van der Waals surface area contributed by atoms with Crippen LogP contribution < -0.4 is 4.74 Å². The van der Waals surface area contributed by atoms with Crippen molar-refractivity contribution in [3.63, 3.8) is 0 Å². The van der Waals surface area contributed by atoms with Gasteiger partial charge in [-0.25, -0.2) is 46.1 Å². The average Bonchev–Trinajstić information content (AvgIpc) is 1.63. The molecule has 98 heavy (non-hydrogen) atoms. The summed E-state index contributed by atoms with van der Waals surface area (Å²) in [6.07, 6.45) is 12.3. The van der Waals surface area contributed by atoms with Gasteiger partial charge >= 0.3 is 0 Å². The summed E-state index contributed by atoms with van der Waals surface area (Å²) in [5, 5.41) is 28.3. The normalized spacial score (nSPS) is 11.6. The number of fused-ring (bicyclic) bond motifs is 6. The maximum Gasteiger partial charge on any atom is 0.270 e. The van der Waals surface area contributed by atoms with Crippen molar-refractivity contribution in [2.75, 3.05) is 7.11 Å². The summed E-state index contributed by atoms with van der Waals surface area (Å²) in [5.74, 6) is 13.7. The number of halogens is 6. The number of rotatable bonds is 11. The minimum atomic E-state index is -2.91. The van der Waals surface area contributed by atoms with E-state index in [0.717, 1.165) is 98.1 Å². The molecule has 0 spiro atoms. The lowest BCUT2D eigenvalue weighted by Crippen LogP contribution is -2.07. The fourth-order valence-electron chi connectivity index (χ4n) is 11.1. The number of aromatic nitrogens is 12. The second-order valence-electron chi connectivity index (χ2n) is 23.2. The van der Waals surface area contributed by atoms with Crippen LogP contribution in [-0.4, -0.2) is 66.4 Å². The Balaban J connectivity index is 0.000000132. The number of nitrogens with zero attached hydrogens (tertiary/aromatic N) is 12. The smallest absolute Gasteiger partial charge is 0.270 e. The lowest BCUT2D eigenvalue weighted by atomic mass is 9.99. The number of aryl methyl sites for hydroxylation is 2. The summed E-state index contributed by atoms with van der Waals surface area (Å²) < 4.78 is 82.3. The molecular weight excluding hydrogens is 1380 g/mol. The number of imidazole rings is 3. The lowest BCUT2D eigenvalue weighted by Gasteiger charge is -2.15. The maximum atomic E-state index is 13.7. The van der Waals surface area contributed by atoms with Crippen LogP contribution in [0.25, 0.3) is 49.8 Å². The van der Waals surface area contributed by atoms with Crippen molar-refractivity contribution in [1.82, 2.24) is 59.3 Å². The zero-order valence-corrected chi connectivity index (χ0v) is 56.6. The summed E-state index contributed by atoms with van der Waals surface area (Å²) in [4.78, 5) is 13.0. The molecule has 15 rings (SSSR count). The molecule has 0 aliphatic carbocycles. The van der Waals surface area contributed by atoms with Crippen LogP contribution >= 0.6 is 31.9 Å². The van der Waals surface area contributed by atoms with Crippen LogP contribution in [0.4, 0.5) is 17.6 Å². The molecule has 0 N–H and O–H groups in total. The van der Waals surface area contributed by atoms with Gasteiger partial charge in [0.1, 0.15) is 31.6 Å². The van der Waals surface area contributed by atoms with Gasteiger partial charge in [-0.1, -0.05) is 145 Å². The minimum absolute atomic E-state index is 0.0192. The Morgan fingerprint density at radius 3 is 1.28 bits per heavy atom. The van der Waals surface area contributed by atoms with Gasteiger partial charge in [0.2, 0.25) is 0 Å². The summed E-state index contributed by atoms with van der Waals surface area (Å²) in [5.41, 5.74) is 16.0. The monoisotopic (exact) mass is 1430 g/mol. The van der Waals surface area contributed by atoms with E-state index < -0.39 is 11.8 Å². The summed E-state index contributed by atoms with van der Waals surface area (Å²) >= 11 is 7.32. The molecule has 15 aromatic rings. The molecular formula is C76H56Br2F4N12O4. The molecule has 0 aliphatic rings. The zero-order valence-electron chi connectivity index (χ0n) is 53.4. The molecule has 0 fully saturated rings. The number of methoxy groups -OCH3 is 1. The standard InChI is InChI=1S/C26H20F2N4O.C25H18Br2N4O.C25H18F2N4O2/c1-3-18-9-11-22-23(15-17-6-4-7-19(14-17)26(2,27)28)31-33-25(22)21(18)12-10-20-16-29-24-8-5-13-30-32(20)24;1-16-8-10-21-22(14-17-5-3-6-18(13-17)25(2,26)27)30-32-24(21)20(16)11-9-19-15-28-23-7-4-12-29-31(19)23;1-25(26,27)17-6-3-5-16(13-17)14-21-19-10-11-22(32-2)20(24(19)33-30-21)9-8-18-15-28-23-7-4-12-29-31(18)23/h4-9,11,13-14,16H,3,15H2,1-2H3;3-8,10,12-13,15H,14H2,1-2H3;3-7,10-13,15H,14H2,1-2H3. The molecule has 0 atom stereocenters. The highest BCUT2D eigenvalue weighted by atomic mass is 79.9. The molecule has 0 bridgehead atoms. The quantitative estimate of drug-likeness (QED) is 0.0679. The molecule has 9 heterocycles. The average molecular weight is 1440 g/mol. The lowest BCUT2D eigenvalue weighted by molar-refractivity contribution is 0.0167. The van der Waals surface area contributed by atoms with Gasteiger partial charge < -0.3 is 18.3 Å². The number of benzene rings is 6. The number of alkyl halides is 6. The fraction of sp³-hybridized carbons (Fsp3) is 0.171. The zero-order chi connectivity index (χ0) is 68.3. The van der Waals surface area contributed by atoms with Crippen molar-refractivity contribution in [3.8, 4) is 41.3 Å². The van der Waals surface area contributed by atoms with Crippen molar-refractivity contribution in [2.45, 2.75) is 75.4 Å². The predicted octanol–water partition coefficient (Wildman–Crippen LogP) is 16.6. The SMILES string of the molecule is CCc1ccc2c(Cc3cccc(C(C)(F)F)c3)noc2c1C#Cc1cnc2cccnn12.COc1ccc2c(Cc3cccc(C(C)(F)F)c3)noc2c1C#Cc1cnc2cccnn12.Cc1ccc2c(Cc3cccc(C(C)(Br)Br)c3)noc2c1C#Cc1cnc2cccnn12. The molecule has 0 radical (unpaired) electrons. The second-order valence-corrected chi connectivity index (χ2v) is 27.5. The van der Waals surface area contributed by atoms with Crippen LogP contribution in [0.1, 0.15) is 123 Å². The third-order valence-corrected chi connectivity index (χ3v) is 17.1. The first-order valence-corrected chi connectivity index (χ1v) is 32.4. The molecule has 0 unspecified atom stereocenters. The van der Waals surface area contributed by atoms with Crippen molar-refractivity contribution in [1.29, 1.82) is 0 Å². The van der Waals surface area contributed by atoms with E-state index in [9.17, 15) is 17.6 Å². The van der Waals surface area contributed by atoms with Gasteiger partial charge in [-0.2, -0.15) is 15.3 Å². The molecule has 0 amide bonds. The van der Waals surface area contributed by atoms with Crippen molar-refractivity contribution in [3.05, 3.63) is 278 Å². The van der Waals surface area contributed by atoms with E-state index in [1.165, 1.54) is 24.3 Å². The van der Waals surface area contributed by atoms with Crippen LogP contribution in [0.2, 0.25) is 0 Å². The summed E-state index contributed by atoms with van der Waals surface area (Å²) in [6, 6.07) is 43.9. The van der Waals surface area contributed by atoms with Crippen LogP contribution in [0, 0.1) is 42.4 Å². The van der Waals surface area contributed by atoms with E-state index in [4.69, 9.17) is 18.3 Å².